The standard InChI is InChI=1S/C35H59NO13.C18H36N4O11/c1-19-16-23(14-15-37)31(32(44-8)25(39)17-26(40)45-20(2)12-10-9-11-13-24(19)38)49-34-29(41)28(36(6)7)30(21(3)47-34)48-27-18-35(5,43)33(42)22(4)46-27;19-2-6-10(25)12(27)13(28)18(30-6)33-16-5(21)1-4(20)15(14(16)29)32-17-11(26)8(22)9(24)7(3-23)31-17/h9-11,13,15,19-25,27-34,38-39,41-43H,12,14,16-18H2,1-8H3;4-18,23-29H,1-3,19-22H2/b10-9+,13-11+;/t19-,20-,21-,22+,23+,24+,25-,27+,28-,29-,30-,31+,32+,33+,34+,35-;4-,5+,6-,7-,8+,9-,10-,11-,12+,13-,14-,15+,16-,17-,18-/m11/s1. The van der Waals surface area contributed by atoms with Crippen LogP contribution in [0, 0.1) is 11.8 Å². The predicted molar refractivity (Wildman–Crippen MR) is 285 cm³/mol. The SMILES string of the molecule is CO[C@@H]1[C@@H](O[C@@H]2O[C@H](C)[C@@H](O[C@H]3C[C@@](C)(O)[C@@H](O)[C@H](C)O3)[C@H](N(C)C)[C@H]2O)[C@@H](CC=O)C[C@@H](C)[C@@H](O)/C=C/C=C/C[C@@H](C)OC(=O)C[C@H]1O.NC[C@H]1O[C@H](O[C@H]2[C@H](O)[C@@H](O[C@H]3O[C@H](CO)[C@@H](O)[C@H](N)[C@H]3O)[C@H](N)C[C@@H]2N)[C@H](O)[C@@H](O)[C@@H]1O. The minimum Gasteiger partial charge on any atom is -0.462 e. The lowest BCUT2D eigenvalue weighted by molar-refractivity contribution is -0.344. The number of aldehydes is 1. The molecule has 5 fully saturated rings. The van der Waals surface area contributed by atoms with Gasteiger partial charge < -0.3 is 141 Å². The summed E-state index contributed by atoms with van der Waals surface area (Å²) in [7, 11) is 4.86. The second-order valence-electron chi connectivity index (χ2n) is 23.1. The summed E-state index contributed by atoms with van der Waals surface area (Å²) in [6.07, 6.45) is -20.5. The summed E-state index contributed by atoms with van der Waals surface area (Å²) in [5.74, 6) is -1.64. The lowest BCUT2D eigenvalue weighted by atomic mass is 9.82. The summed E-state index contributed by atoms with van der Waals surface area (Å²) in [6.45, 7) is 7.68. The number of nitrogens with two attached hydrogens (primary N) is 4. The molecule has 5 aliphatic heterocycles. The van der Waals surface area contributed by atoms with Gasteiger partial charge in [0.25, 0.3) is 0 Å². The second kappa shape index (κ2) is 31.5. The van der Waals surface area contributed by atoms with Crippen LogP contribution in [-0.4, -0.2) is 290 Å². The van der Waals surface area contributed by atoms with Gasteiger partial charge in [-0.15, -0.1) is 0 Å². The molecule has 6 aliphatic rings. The fraction of sp³-hybridized carbons (Fsp3) is 0.887. The van der Waals surface area contributed by atoms with E-state index >= 15 is 0 Å². The van der Waals surface area contributed by atoms with Crippen LogP contribution in [0.1, 0.15) is 73.1 Å². The molecule has 29 nitrogen and oxygen atoms in total. The van der Waals surface area contributed by atoms with Crippen molar-refractivity contribution in [3.63, 3.8) is 0 Å². The molecule has 31 atom stereocenters. The van der Waals surface area contributed by atoms with Gasteiger partial charge in [0, 0.05) is 45.0 Å². The minimum absolute atomic E-state index is 0.0164. The number of hydrogen-bond acceptors (Lipinski definition) is 29. The molecule has 0 amide bonds. The van der Waals surface area contributed by atoms with Crippen molar-refractivity contribution < 1.29 is 118 Å². The number of cyclic esters (lactones) is 1. The number of likely N-dealkylation sites (N-methyl/N-ethyl adjacent to an activating group) is 1. The second-order valence-corrected chi connectivity index (χ2v) is 23.1. The minimum atomic E-state index is -1.66. The Hall–Kier alpha value is -2.42. The zero-order valence-electron chi connectivity index (χ0n) is 47.9. The van der Waals surface area contributed by atoms with Crippen molar-refractivity contribution in [1.29, 1.82) is 0 Å². The predicted octanol–water partition coefficient (Wildman–Crippen LogP) is -6.45. The lowest BCUT2D eigenvalue weighted by Crippen LogP contribution is -2.68. The first kappa shape index (κ1) is 70.3. The average molecular weight is 1190 g/mol. The third-order valence-electron chi connectivity index (χ3n) is 16.3. The van der Waals surface area contributed by atoms with E-state index in [1.165, 1.54) is 14.0 Å². The van der Waals surface area contributed by atoms with Crippen molar-refractivity contribution in [2.75, 3.05) is 34.4 Å². The van der Waals surface area contributed by atoms with Gasteiger partial charge in [-0.05, 0) is 66.5 Å². The highest BCUT2D eigenvalue weighted by Gasteiger charge is 2.54. The maximum absolute atomic E-state index is 12.8. The first-order valence-electron chi connectivity index (χ1n) is 28.0. The Bertz CT molecular complexity index is 1950. The maximum atomic E-state index is 12.8. The van der Waals surface area contributed by atoms with Crippen LogP contribution in [0.2, 0.25) is 0 Å². The largest absolute Gasteiger partial charge is 0.462 e. The van der Waals surface area contributed by atoms with E-state index in [1.807, 2.05) is 13.0 Å². The third kappa shape index (κ3) is 17.4. The summed E-state index contributed by atoms with van der Waals surface area (Å²) < 4.78 is 58.3. The molecule has 4 saturated heterocycles. The molecule has 0 unspecified atom stereocenters. The molecule has 29 heteroatoms. The molecule has 0 aromatic carbocycles. The number of allylic oxidation sites excluding steroid dienone is 2. The topological polar surface area (TPSA) is 477 Å². The van der Waals surface area contributed by atoms with Crippen LogP contribution in [-0.2, 0) is 57.0 Å². The molecule has 0 spiro atoms. The summed E-state index contributed by atoms with van der Waals surface area (Å²) in [5, 5.41) is 126. The van der Waals surface area contributed by atoms with Crippen LogP contribution in [0.4, 0.5) is 0 Å². The number of aliphatic hydroxyl groups excluding tert-OH is 11. The zero-order valence-corrected chi connectivity index (χ0v) is 47.9. The highest BCUT2D eigenvalue weighted by Crippen LogP contribution is 2.38. The molecule has 5 heterocycles. The highest BCUT2D eigenvalue weighted by atomic mass is 16.7. The molecule has 6 rings (SSSR count). The molecule has 0 aromatic rings. The van der Waals surface area contributed by atoms with Crippen molar-refractivity contribution in [2.24, 2.45) is 34.8 Å². The molecule has 476 valence electrons. The molecule has 0 radical (unpaired) electrons. The molecule has 0 aromatic heterocycles. The normalized spacial score (nSPS) is 49.2. The number of nitrogens with zero attached hydrogens (tertiary/aromatic N) is 1. The van der Waals surface area contributed by atoms with E-state index in [1.54, 1.807) is 58.0 Å². The summed E-state index contributed by atoms with van der Waals surface area (Å²) in [5.41, 5.74) is 22.0. The van der Waals surface area contributed by atoms with Crippen LogP contribution in [0.3, 0.4) is 0 Å². The Balaban J connectivity index is 0.000000324. The first-order chi connectivity index (χ1) is 38.5. The van der Waals surface area contributed by atoms with E-state index in [0.717, 1.165) is 6.29 Å². The Morgan fingerprint density at radius 1 is 0.707 bits per heavy atom. The van der Waals surface area contributed by atoms with Gasteiger partial charge in [-0.3, -0.25) is 4.79 Å². The lowest BCUT2D eigenvalue weighted by Gasteiger charge is -2.50. The molecular formula is C53H95N5O24. The van der Waals surface area contributed by atoms with E-state index < -0.39 is 202 Å². The van der Waals surface area contributed by atoms with E-state index in [-0.39, 0.29) is 38.1 Å². The Morgan fingerprint density at radius 2 is 1.30 bits per heavy atom. The van der Waals surface area contributed by atoms with E-state index in [0.29, 0.717) is 6.42 Å². The quantitative estimate of drug-likeness (QED) is 0.0568. The van der Waals surface area contributed by atoms with Gasteiger partial charge >= 0.3 is 5.97 Å². The van der Waals surface area contributed by atoms with Crippen molar-refractivity contribution >= 4 is 12.3 Å². The number of aliphatic hydroxyl groups is 12. The van der Waals surface area contributed by atoms with Crippen molar-refractivity contribution in [2.45, 2.75) is 250 Å². The van der Waals surface area contributed by atoms with Gasteiger partial charge in [-0.1, -0.05) is 31.2 Å². The monoisotopic (exact) mass is 1190 g/mol. The number of rotatable bonds is 14. The van der Waals surface area contributed by atoms with E-state index in [9.17, 15) is 70.9 Å². The smallest absolute Gasteiger partial charge is 0.308 e. The van der Waals surface area contributed by atoms with Crippen LogP contribution in [0.25, 0.3) is 0 Å². The van der Waals surface area contributed by atoms with E-state index in [4.69, 9.17) is 70.3 Å². The number of methoxy groups -OCH3 is 1. The van der Waals surface area contributed by atoms with Gasteiger partial charge in [0.1, 0.15) is 97.8 Å². The van der Waals surface area contributed by atoms with Gasteiger partial charge in [0.05, 0.1) is 61.2 Å². The molecule has 1 saturated carbocycles. The molecule has 20 N–H and O–H groups in total. The van der Waals surface area contributed by atoms with Gasteiger partial charge in [0.2, 0.25) is 0 Å². The number of hydrogen-bond donors (Lipinski definition) is 16. The Labute approximate surface area is 477 Å². The first-order valence-corrected chi connectivity index (χ1v) is 28.0. The maximum Gasteiger partial charge on any atom is 0.308 e. The summed E-state index contributed by atoms with van der Waals surface area (Å²) in [4.78, 5) is 26.6. The fourth-order valence-corrected chi connectivity index (χ4v) is 11.4. The number of carbonyl (C=O) groups excluding carboxylic acids is 2. The van der Waals surface area contributed by atoms with Crippen LogP contribution in [0.15, 0.2) is 24.3 Å². The molecule has 1 aliphatic carbocycles. The summed E-state index contributed by atoms with van der Waals surface area (Å²) in [6, 6.07) is -3.58. The number of carbonyl (C=O) groups is 2. The zero-order chi connectivity index (χ0) is 61.2. The van der Waals surface area contributed by atoms with Crippen molar-refractivity contribution in [1.82, 2.24) is 4.90 Å². The summed E-state index contributed by atoms with van der Waals surface area (Å²) >= 11 is 0. The Morgan fingerprint density at radius 3 is 1.88 bits per heavy atom. The van der Waals surface area contributed by atoms with E-state index in [2.05, 4.69) is 0 Å². The Kier molecular flexibility index (Phi) is 27.0. The van der Waals surface area contributed by atoms with Gasteiger partial charge in [-0.2, -0.15) is 0 Å². The molecule has 82 heavy (non-hydrogen) atoms. The highest BCUT2D eigenvalue weighted by molar-refractivity contribution is 5.70. The third-order valence-corrected chi connectivity index (χ3v) is 16.3. The van der Waals surface area contributed by atoms with Crippen LogP contribution in [0.5, 0.6) is 0 Å². The van der Waals surface area contributed by atoms with Crippen molar-refractivity contribution in [3.8, 4) is 0 Å². The molecular weight excluding hydrogens is 1090 g/mol. The number of esters is 1. The van der Waals surface area contributed by atoms with Crippen molar-refractivity contribution in [3.05, 3.63) is 24.3 Å². The van der Waals surface area contributed by atoms with Gasteiger partial charge in [0.15, 0.2) is 25.2 Å². The average Bonchev–Trinajstić information content (AvgIpc) is 3.45. The van der Waals surface area contributed by atoms with Gasteiger partial charge in [-0.25, -0.2) is 0 Å². The fourth-order valence-electron chi connectivity index (χ4n) is 11.4. The van der Waals surface area contributed by atoms with Crippen LogP contribution < -0.4 is 22.9 Å². The number of ether oxygens (including phenoxy) is 10. The van der Waals surface area contributed by atoms with Crippen LogP contribution >= 0.6 is 0 Å². The molecule has 0 bridgehead atoms.